The van der Waals surface area contributed by atoms with E-state index in [1.54, 1.807) is 4.90 Å². The minimum Gasteiger partial charge on any atom is -0.378 e. The summed E-state index contributed by atoms with van der Waals surface area (Å²) in [6.07, 6.45) is 0.419. The molecule has 6 nitrogen and oxygen atoms in total. The maximum absolute atomic E-state index is 12.3. The second-order valence-electron chi connectivity index (χ2n) is 5.90. The zero-order chi connectivity index (χ0) is 16.8. The summed E-state index contributed by atoms with van der Waals surface area (Å²) >= 11 is 1.90. The smallest absolute Gasteiger partial charge is 0.321 e. The molecule has 0 radical (unpaired) electrons. The van der Waals surface area contributed by atoms with Gasteiger partial charge in [0.25, 0.3) is 0 Å². The summed E-state index contributed by atoms with van der Waals surface area (Å²) in [5, 5.41) is 2.89. The van der Waals surface area contributed by atoms with E-state index in [9.17, 15) is 9.59 Å². The molecule has 2 heterocycles. The Labute approximate surface area is 146 Å². The van der Waals surface area contributed by atoms with Crippen molar-refractivity contribution in [2.75, 3.05) is 56.2 Å². The Morgan fingerprint density at radius 1 is 1.00 bits per heavy atom. The first kappa shape index (κ1) is 17.1. The quantitative estimate of drug-likeness (QED) is 0.902. The summed E-state index contributed by atoms with van der Waals surface area (Å²) < 4.78 is 5.24. The molecule has 2 aliphatic heterocycles. The lowest BCUT2D eigenvalue weighted by Gasteiger charge is -2.27. The fourth-order valence-electron chi connectivity index (χ4n) is 2.77. The van der Waals surface area contributed by atoms with Crippen LogP contribution in [0.3, 0.4) is 0 Å². The second kappa shape index (κ2) is 8.39. The standard InChI is InChI=1S/C17H23N3O3S/c21-16(19-7-11-24-12-8-19)13-14-1-3-15(4-2-14)18-17(22)20-5-9-23-10-6-20/h1-4H,5-13H2,(H,18,22). The molecule has 24 heavy (non-hydrogen) atoms. The number of thioether (sulfide) groups is 1. The number of carbonyl (C=O) groups is 2. The van der Waals surface area contributed by atoms with E-state index in [1.807, 2.05) is 40.9 Å². The molecular weight excluding hydrogens is 326 g/mol. The summed E-state index contributed by atoms with van der Waals surface area (Å²) in [5.74, 6) is 2.23. The molecular formula is C17H23N3O3S. The van der Waals surface area contributed by atoms with Crippen LogP contribution in [0.25, 0.3) is 0 Å². The molecule has 1 aromatic rings. The SMILES string of the molecule is O=C(Cc1ccc(NC(=O)N2CCOCC2)cc1)N1CCSCC1. The predicted molar refractivity (Wildman–Crippen MR) is 95.5 cm³/mol. The van der Waals surface area contributed by atoms with Crippen LogP contribution in [0.1, 0.15) is 5.56 Å². The van der Waals surface area contributed by atoms with Crippen LogP contribution in [-0.2, 0) is 16.0 Å². The molecule has 0 spiro atoms. The van der Waals surface area contributed by atoms with Crippen LogP contribution < -0.4 is 5.32 Å². The van der Waals surface area contributed by atoms with Gasteiger partial charge in [0.2, 0.25) is 5.91 Å². The number of hydrogen-bond acceptors (Lipinski definition) is 4. The van der Waals surface area contributed by atoms with Gasteiger partial charge in [-0.05, 0) is 17.7 Å². The van der Waals surface area contributed by atoms with Gasteiger partial charge in [-0.25, -0.2) is 4.79 Å². The molecule has 0 aliphatic carbocycles. The first-order valence-corrected chi connectivity index (χ1v) is 9.46. The van der Waals surface area contributed by atoms with Gasteiger partial charge in [0.1, 0.15) is 0 Å². The minimum atomic E-state index is -0.104. The molecule has 0 saturated carbocycles. The molecule has 3 amide bonds. The number of hydrogen-bond donors (Lipinski definition) is 1. The van der Waals surface area contributed by atoms with Gasteiger partial charge in [0.05, 0.1) is 19.6 Å². The van der Waals surface area contributed by atoms with E-state index in [4.69, 9.17) is 4.74 Å². The molecule has 2 saturated heterocycles. The van der Waals surface area contributed by atoms with Crippen molar-refractivity contribution in [1.82, 2.24) is 9.80 Å². The van der Waals surface area contributed by atoms with Crippen LogP contribution in [0.5, 0.6) is 0 Å². The average molecular weight is 349 g/mol. The van der Waals surface area contributed by atoms with Crippen molar-refractivity contribution < 1.29 is 14.3 Å². The summed E-state index contributed by atoms with van der Waals surface area (Å²) in [7, 11) is 0. The lowest BCUT2D eigenvalue weighted by molar-refractivity contribution is -0.130. The highest BCUT2D eigenvalue weighted by atomic mass is 32.2. The molecule has 2 aliphatic rings. The van der Waals surface area contributed by atoms with Crippen molar-refractivity contribution in [1.29, 1.82) is 0 Å². The van der Waals surface area contributed by atoms with Crippen molar-refractivity contribution >= 4 is 29.4 Å². The topological polar surface area (TPSA) is 61.9 Å². The number of carbonyl (C=O) groups excluding carboxylic acids is 2. The first-order chi connectivity index (χ1) is 11.7. The van der Waals surface area contributed by atoms with Gasteiger partial charge >= 0.3 is 6.03 Å². The summed E-state index contributed by atoms with van der Waals surface area (Å²) in [5.41, 5.74) is 1.72. The van der Waals surface area contributed by atoms with Crippen LogP contribution >= 0.6 is 11.8 Å². The number of rotatable bonds is 3. The van der Waals surface area contributed by atoms with E-state index in [0.29, 0.717) is 32.7 Å². The van der Waals surface area contributed by atoms with Gasteiger partial charge < -0.3 is 19.9 Å². The normalized spacial score (nSPS) is 18.3. The number of nitrogens with zero attached hydrogens (tertiary/aromatic N) is 2. The lowest BCUT2D eigenvalue weighted by atomic mass is 10.1. The number of anilines is 1. The van der Waals surface area contributed by atoms with E-state index in [-0.39, 0.29) is 11.9 Å². The number of ether oxygens (including phenoxy) is 1. The first-order valence-electron chi connectivity index (χ1n) is 8.30. The van der Waals surface area contributed by atoms with E-state index in [2.05, 4.69) is 5.32 Å². The predicted octanol–water partition coefficient (Wildman–Crippen LogP) is 1.67. The van der Waals surface area contributed by atoms with E-state index in [0.717, 1.165) is 35.8 Å². The number of benzene rings is 1. The van der Waals surface area contributed by atoms with Gasteiger partial charge in [-0.3, -0.25) is 4.79 Å². The molecule has 2 fully saturated rings. The van der Waals surface area contributed by atoms with E-state index < -0.39 is 0 Å². The number of nitrogens with one attached hydrogen (secondary N) is 1. The molecule has 0 atom stereocenters. The van der Waals surface area contributed by atoms with Crippen LogP contribution in [0, 0.1) is 0 Å². The molecule has 7 heteroatoms. The molecule has 1 aromatic carbocycles. The lowest BCUT2D eigenvalue weighted by Crippen LogP contribution is -2.43. The zero-order valence-electron chi connectivity index (χ0n) is 13.7. The highest BCUT2D eigenvalue weighted by Gasteiger charge is 2.18. The highest BCUT2D eigenvalue weighted by molar-refractivity contribution is 7.99. The van der Waals surface area contributed by atoms with Crippen LogP contribution in [-0.4, -0.2) is 72.6 Å². The Kier molecular flexibility index (Phi) is 5.98. The van der Waals surface area contributed by atoms with Crippen molar-refractivity contribution in [3.8, 4) is 0 Å². The number of amides is 3. The third kappa shape index (κ3) is 4.64. The van der Waals surface area contributed by atoms with Crippen molar-refractivity contribution in [2.45, 2.75) is 6.42 Å². The molecule has 130 valence electrons. The summed E-state index contributed by atoms with van der Waals surface area (Å²) in [6.45, 7) is 4.10. The fourth-order valence-corrected chi connectivity index (χ4v) is 3.68. The largest absolute Gasteiger partial charge is 0.378 e. The Balaban J connectivity index is 1.51. The second-order valence-corrected chi connectivity index (χ2v) is 7.12. The Bertz CT molecular complexity index is 516. The highest BCUT2D eigenvalue weighted by Crippen LogP contribution is 2.14. The number of urea groups is 1. The Morgan fingerprint density at radius 2 is 1.67 bits per heavy atom. The fraction of sp³-hybridized carbons (Fsp3) is 0.529. The van der Waals surface area contributed by atoms with Crippen molar-refractivity contribution in [3.63, 3.8) is 0 Å². The minimum absolute atomic E-state index is 0.104. The van der Waals surface area contributed by atoms with E-state index in [1.165, 1.54) is 0 Å². The van der Waals surface area contributed by atoms with Crippen LogP contribution in [0.4, 0.5) is 10.5 Å². The Morgan fingerprint density at radius 3 is 2.33 bits per heavy atom. The summed E-state index contributed by atoms with van der Waals surface area (Å²) in [6, 6.07) is 7.42. The third-order valence-electron chi connectivity index (χ3n) is 4.22. The maximum atomic E-state index is 12.3. The van der Waals surface area contributed by atoms with Gasteiger partial charge in [0.15, 0.2) is 0 Å². The average Bonchev–Trinajstić information content (AvgIpc) is 2.65. The molecule has 3 rings (SSSR count). The molecule has 1 N–H and O–H groups in total. The van der Waals surface area contributed by atoms with Crippen molar-refractivity contribution in [2.24, 2.45) is 0 Å². The van der Waals surface area contributed by atoms with E-state index >= 15 is 0 Å². The monoisotopic (exact) mass is 349 g/mol. The van der Waals surface area contributed by atoms with Gasteiger partial charge in [0, 0.05) is 43.4 Å². The molecule has 0 bridgehead atoms. The van der Waals surface area contributed by atoms with Crippen LogP contribution in [0.15, 0.2) is 24.3 Å². The van der Waals surface area contributed by atoms with Crippen LogP contribution in [0.2, 0.25) is 0 Å². The Hall–Kier alpha value is -1.73. The van der Waals surface area contributed by atoms with Gasteiger partial charge in [-0.1, -0.05) is 12.1 Å². The molecule has 0 unspecified atom stereocenters. The van der Waals surface area contributed by atoms with Gasteiger partial charge in [-0.15, -0.1) is 0 Å². The third-order valence-corrected chi connectivity index (χ3v) is 5.17. The zero-order valence-corrected chi connectivity index (χ0v) is 14.5. The van der Waals surface area contributed by atoms with Crippen molar-refractivity contribution in [3.05, 3.63) is 29.8 Å². The summed E-state index contributed by atoms with van der Waals surface area (Å²) in [4.78, 5) is 28.1. The molecule has 0 aromatic heterocycles. The maximum Gasteiger partial charge on any atom is 0.321 e. The number of morpholine rings is 1. The van der Waals surface area contributed by atoms with Gasteiger partial charge in [-0.2, -0.15) is 11.8 Å².